The van der Waals surface area contributed by atoms with E-state index in [1.165, 1.54) is 50.2 Å². The number of benzene rings is 2. The van der Waals surface area contributed by atoms with Crippen LogP contribution in [0, 0.1) is 12.3 Å². The molecule has 0 bridgehead atoms. The third-order valence-electron chi connectivity index (χ3n) is 4.93. The molecule has 5 nitrogen and oxygen atoms in total. The molecule has 2 N–H and O–H groups in total. The summed E-state index contributed by atoms with van der Waals surface area (Å²) in [6.45, 7) is 2.14. The van der Waals surface area contributed by atoms with Gasteiger partial charge in [0, 0.05) is 12.7 Å². The van der Waals surface area contributed by atoms with Crippen molar-refractivity contribution < 1.29 is 30.8 Å². The Bertz CT molecular complexity index is 1130. The lowest BCUT2D eigenvalue weighted by Crippen LogP contribution is -2.51. The van der Waals surface area contributed by atoms with E-state index in [0.29, 0.717) is 11.1 Å². The number of halogens is 4. The van der Waals surface area contributed by atoms with Gasteiger partial charge in [0.15, 0.2) is 9.84 Å². The Balaban J connectivity index is 2.33. The Labute approximate surface area is 196 Å². The van der Waals surface area contributed by atoms with Crippen molar-refractivity contribution in [3.63, 3.8) is 0 Å². The molecule has 0 aliphatic heterocycles. The number of alkyl halides is 4. The summed E-state index contributed by atoms with van der Waals surface area (Å²) in [5, 5.41) is 4.54. The van der Waals surface area contributed by atoms with Crippen molar-refractivity contribution in [2.45, 2.75) is 49.1 Å². The van der Waals surface area contributed by atoms with Crippen molar-refractivity contribution >= 4 is 15.7 Å². The average Bonchev–Trinajstić information content (AvgIpc) is 2.73. The second-order valence-electron chi connectivity index (χ2n) is 8.46. The normalized spacial score (nSPS) is 14.2. The first-order valence-electron chi connectivity index (χ1n) is 10.2. The van der Waals surface area contributed by atoms with E-state index < -0.39 is 46.1 Å². The molecule has 0 aliphatic rings. The molecule has 1 unspecified atom stereocenters. The summed E-state index contributed by atoms with van der Waals surface area (Å²) in [6, 6.07) is 7.63. The summed E-state index contributed by atoms with van der Waals surface area (Å²) in [7, 11) is -3.38. The number of hydrogen-bond acceptors (Lipinski definition) is 4. The molecule has 0 radical (unpaired) electrons. The maximum Gasteiger partial charge on any atom is 0.407 e. The Morgan fingerprint density at radius 2 is 1.50 bits per heavy atom. The second kappa shape index (κ2) is 10.6. The lowest BCUT2D eigenvalue weighted by molar-refractivity contribution is -0.161. The van der Waals surface area contributed by atoms with Crippen LogP contribution in [0.3, 0.4) is 0 Å². The van der Waals surface area contributed by atoms with Gasteiger partial charge in [0.25, 0.3) is 0 Å². The molecule has 0 aromatic heterocycles. The summed E-state index contributed by atoms with van der Waals surface area (Å²) < 4.78 is 79.2. The lowest BCUT2D eigenvalue weighted by Gasteiger charge is -2.29. The third kappa shape index (κ3) is 7.85. The van der Waals surface area contributed by atoms with Crippen LogP contribution < -0.4 is 10.6 Å². The average molecular weight is 499 g/mol. The molecule has 0 heterocycles. The van der Waals surface area contributed by atoms with Crippen LogP contribution in [0.1, 0.15) is 31.9 Å². The molecule has 2 aromatic rings. The molecule has 2 atom stereocenters. The van der Waals surface area contributed by atoms with Crippen LogP contribution in [0.2, 0.25) is 0 Å². The van der Waals surface area contributed by atoms with Crippen LogP contribution in [0.5, 0.6) is 0 Å². The van der Waals surface area contributed by atoms with Crippen molar-refractivity contribution in [3.8, 4) is 23.5 Å². The molecule has 0 aliphatic carbocycles. The second-order valence-corrected chi connectivity index (χ2v) is 10.5. The zero-order valence-electron chi connectivity index (χ0n) is 18.9. The smallest absolute Gasteiger partial charge is 0.344 e. The minimum atomic E-state index is -4.77. The van der Waals surface area contributed by atoms with E-state index in [9.17, 15) is 30.8 Å². The standard InChI is InChI=1S/C24H26F4N2O3S/c1-5-14-29-22(31)20(15-23(2,3)25)30-21(24(26,27)28)18-8-6-16(7-9-18)17-10-12-19(13-11-17)34(4,32)33/h1,6-13,20-21,30H,14-15H2,2-4H3,(H,29,31)/t20?,21-/m0/s1. The van der Waals surface area contributed by atoms with Gasteiger partial charge < -0.3 is 5.32 Å². The minimum absolute atomic E-state index is 0.124. The predicted molar refractivity (Wildman–Crippen MR) is 122 cm³/mol. The van der Waals surface area contributed by atoms with Gasteiger partial charge in [-0.3, -0.25) is 10.1 Å². The van der Waals surface area contributed by atoms with Crippen molar-refractivity contribution in [2.75, 3.05) is 12.8 Å². The Morgan fingerprint density at radius 1 is 1.00 bits per heavy atom. The summed E-state index contributed by atoms with van der Waals surface area (Å²) in [4.78, 5) is 12.5. The van der Waals surface area contributed by atoms with Crippen LogP contribution in [-0.2, 0) is 14.6 Å². The molecular weight excluding hydrogens is 472 g/mol. The van der Waals surface area contributed by atoms with Gasteiger partial charge >= 0.3 is 6.18 Å². The molecule has 2 rings (SSSR count). The summed E-state index contributed by atoms with van der Waals surface area (Å²) >= 11 is 0. The van der Waals surface area contributed by atoms with Crippen LogP contribution in [-0.4, -0.2) is 45.0 Å². The van der Waals surface area contributed by atoms with Gasteiger partial charge in [0.05, 0.1) is 17.5 Å². The van der Waals surface area contributed by atoms with E-state index in [2.05, 4.69) is 16.6 Å². The topological polar surface area (TPSA) is 75.3 Å². The highest BCUT2D eigenvalue weighted by Crippen LogP contribution is 2.35. The number of carbonyl (C=O) groups is 1. The molecular formula is C24H26F4N2O3S. The summed E-state index contributed by atoms with van der Waals surface area (Å²) in [5.74, 6) is 1.32. The molecule has 0 fully saturated rings. The Morgan fingerprint density at radius 3 is 1.91 bits per heavy atom. The first-order valence-corrected chi connectivity index (χ1v) is 12.1. The zero-order valence-corrected chi connectivity index (χ0v) is 19.7. The van der Waals surface area contributed by atoms with E-state index in [1.807, 2.05) is 0 Å². The number of terminal acetylenes is 1. The van der Waals surface area contributed by atoms with Crippen molar-refractivity contribution in [2.24, 2.45) is 0 Å². The third-order valence-corrected chi connectivity index (χ3v) is 6.05. The van der Waals surface area contributed by atoms with E-state index in [1.54, 1.807) is 12.1 Å². The van der Waals surface area contributed by atoms with Crippen molar-refractivity contribution in [1.29, 1.82) is 0 Å². The van der Waals surface area contributed by atoms with Gasteiger partial charge in [-0.1, -0.05) is 42.3 Å². The van der Waals surface area contributed by atoms with Gasteiger partial charge in [0.1, 0.15) is 11.7 Å². The maximum absolute atomic E-state index is 14.2. The zero-order chi connectivity index (χ0) is 25.7. The molecule has 184 valence electrons. The number of sulfone groups is 1. The van der Waals surface area contributed by atoms with E-state index in [0.717, 1.165) is 6.26 Å². The molecule has 1 amide bonds. The fraction of sp³-hybridized carbons (Fsp3) is 0.375. The van der Waals surface area contributed by atoms with Gasteiger partial charge in [-0.15, -0.1) is 6.42 Å². The number of carbonyl (C=O) groups excluding carboxylic acids is 1. The molecule has 34 heavy (non-hydrogen) atoms. The van der Waals surface area contributed by atoms with Crippen LogP contribution in [0.15, 0.2) is 53.4 Å². The van der Waals surface area contributed by atoms with E-state index in [4.69, 9.17) is 6.42 Å². The van der Waals surface area contributed by atoms with Crippen molar-refractivity contribution in [1.82, 2.24) is 10.6 Å². The minimum Gasteiger partial charge on any atom is -0.344 e. The number of nitrogens with one attached hydrogen (secondary N) is 2. The first kappa shape index (κ1) is 27.3. The number of hydrogen-bond donors (Lipinski definition) is 2. The van der Waals surface area contributed by atoms with Gasteiger partial charge in [-0.25, -0.2) is 12.8 Å². The fourth-order valence-electron chi connectivity index (χ4n) is 3.32. The Kier molecular flexibility index (Phi) is 8.50. The molecule has 0 saturated carbocycles. The number of rotatable bonds is 9. The quantitative estimate of drug-likeness (QED) is 0.401. The largest absolute Gasteiger partial charge is 0.407 e. The Hall–Kier alpha value is -2.90. The predicted octanol–water partition coefficient (Wildman–Crippen LogP) is 4.21. The van der Waals surface area contributed by atoms with Crippen LogP contribution >= 0.6 is 0 Å². The monoisotopic (exact) mass is 498 g/mol. The SMILES string of the molecule is C#CCNC(=O)C(CC(C)(C)F)N[C@@H](c1ccc(-c2ccc(S(C)(=O)=O)cc2)cc1)C(F)(F)F. The molecule has 0 spiro atoms. The van der Waals surface area contributed by atoms with Crippen LogP contribution in [0.4, 0.5) is 17.6 Å². The lowest BCUT2D eigenvalue weighted by atomic mass is 9.96. The highest BCUT2D eigenvalue weighted by Gasteiger charge is 2.43. The molecule has 0 saturated heterocycles. The summed E-state index contributed by atoms with van der Waals surface area (Å²) in [5.41, 5.74) is -0.905. The maximum atomic E-state index is 14.2. The van der Waals surface area contributed by atoms with Gasteiger partial charge in [-0.05, 0) is 42.7 Å². The highest BCUT2D eigenvalue weighted by molar-refractivity contribution is 7.90. The highest BCUT2D eigenvalue weighted by atomic mass is 32.2. The summed E-state index contributed by atoms with van der Waals surface area (Å²) in [6.07, 6.45) is 0.890. The molecule has 10 heteroatoms. The number of amides is 1. The van der Waals surface area contributed by atoms with E-state index in [-0.39, 0.29) is 17.0 Å². The van der Waals surface area contributed by atoms with Crippen molar-refractivity contribution in [3.05, 3.63) is 54.1 Å². The van der Waals surface area contributed by atoms with E-state index >= 15 is 0 Å². The van der Waals surface area contributed by atoms with Gasteiger partial charge in [-0.2, -0.15) is 13.2 Å². The van der Waals surface area contributed by atoms with Crippen LogP contribution in [0.25, 0.3) is 11.1 Å². The molecule has 2 aromatic carbocycles. The fourth-order valence-corrected chi connectivity index (χ4v) is 3.95. The first-order chi connectivity index (χ1) is 15.6. The van der Waals surface area contributed by atoms with Gasteiger partial charge in [0.2, 0.25) is 5.91 Å².